The lowest BCUT2D eigenvalue weighted by molar-refractivity contribution is -0.330. The van der Waals surface area contributed by atoms with Crippen LogP contribution in [-0.4, -0.2) is 12.7 Å². The minimum absolute atomic E-state index is 0.415. The molecule has 4 atom stereocenters. The van der Waals surface area contributed by atoms with Crippen LogP contribution in [0.3, 0.4) is 0 Å². The fraction of sp³-hybridized carbons (Fsp3) is 1.00. The zero-order chi connectivity index (χ0) is 8.67. The third kappa shape index (κ3) is 1.50. The molecule has 3 aliphatic heterocycles. The highest BCUT2D eigenvalue weighted by Gasteiger charge is 2.37. The first-order chi connectivity index (χ1) is 6.42. The minimum Gasteiger partial charge on any atom is -0.236 e. The van der Waals surface area contributed by atoms with Gasteiger partial charge < -0.3 is 0 Å². The van der Waals surface area contributed by atoms with Gasteiger partial charge in [0.25, 0.3) is 0 Å². The first-order valence-electron chi connectivity index (χ1n) is 5.70. The third-order valence-corrected chi connectivity index (χ3v) is 4.18. The van der Waals surface area contributed by atoms with Gasteiger partial charge in [0.15, 0.2) is 0 Å². The summed E-state index contributed by atoms with van der Waals surface area (Å²) in [6.45, 7) is 0.847. The second-order valence-corrected chi connectivity index (χ2v) is 5.02. The van der Waals surface area contributed by atoms with E-state index in [-0.39, 0.29) is 0 Å². The van der Waals surface area contributed by atoms with Crippen molar-refractivity contribution in [3.8, 4) is 0 Å². The molecule has 0 spiro atoms. The summed E-state index contributed by atoms with van der Waals surface area (Å²) in [5.74, 6) is 2.75. The predicted octanol–water partition coefficient (Wildman–Crippen LogP) is 2.53. The zero-order valence-corrected chi connectivity index (χ0v) is 8.08. The van der Waals surface area contributed by atoms with Crippen LogP contribution in [0.25, 0.3) is 0 Å². The van der Waals surface area contributed by atoms with Crippen LogP contribution in [0.4, 0.5) is 0 Å². The lowest BCUT2D eigenvalue weighted by atomic mass is 9.67. The SMILES string of the molecule is C1CC2CC3CCC2CC1COO3. The average molecular weight is 182 g/mol. The Labute approximate surface area is 79.5 Å². The molecule has 0 aromatic rings. The Balaban J connectivity index is 1.82. The minimum atomic E-state index is 0.415. The van der Waals surface area contributed by atoms with Gasteiger partial charge in [-0.1, -0.05) is 0 Å². The van der Waals surface area contributed by atoms with Crippen molar-refractivity contribution < 1.29 is 9.78 Å². The summed E-state index contributed by atoms with van der Waals surface area (Å²) >= 11 is 0. The van der Waals surface area contributed by atoms with E-state index in [2.05, 4.69) is 0 Å². The van der Waals surface area contributed by atoms with Crippen molar-refractivity contribution >= 4 is 0 Å². The van der Waals surface area contributed by atoms with E-state index in [4.69, 9.17) is 9.78 Å². The Morgan fingerprint density at radius 2 is 1.69 bits per heavy atom. The molecule has 0 amide bonds. The topological polar surface area (TPSA) is 18.5 Å². The lowest BCUT2D eigenvalue weighted by Crippen LogP contribution is -2.32. The summed E-state index contributed by atoms with van der Waals surface area (Å²) in [5.41, 5.74) is 0. The molecule has 4 bridgehead atoms. The van der Waals surface area contributed by atoms with Gasteiger partial charge in [-0.05, 0) is 56.3 Å². The highest BCUT2D eigenvalue weighted by atomic mass is 17.2. The van der Waals surface area contributed by atoms with Crippen LogP contribution in [-0.2, 0) is 9.78 Å². The molecule has 5 aliphatic rings. The summed E-state index contributed by atoms with van der Waals surface area (Å²) in [6.07, 6.45) is 8.50. The molecule has 4 unspecified atom stereocenters. The van der Waals surface area contributed by atoms with E-state index in [1.807, 2.05) is 0 Å². The molecule has 0 N–H and O–H groups in total. The van der Waals surface area contributed by atoms with E-state index in [0.717, 1.165) is 24.4 Å². The molecule has 0 aromatic heterocycles. The van der Waals surface area contributed by atoms with Gasteiger partial charge in [0.2, 0.25) is 0 Å². The van der Waals surface area contributed by atoms with Gasteiger partial charge in [-0.2, -0.15) is 0 Å². The highest BCUT2D eigenvalue weighted by Crippen LogP contribution is 2.44. The van der Waals surface area contributed by atoms with Gasteiger partial charge in [0.1, 0.15) is 0 Å². The van der Waals surface area contributed by atoms with E-state index in [9.17, 15) is 0 Å². The fourth-order valence-electron chi connectivity index (χ4n) is 3.41. The summed E-state index contributed by atoms with van der Waals surface area (Å²) in [7, 11) is 0. The molecule has 0 radical (unpaired) electrons. The summed E-state index contributed by atoms with van der Waals surface area (Å²) < 4.78 is 0. The van der Waals surface area contributed by atoms with Crippen molar-refractivity contribution in [2.24, 2.45) is 17.8 Å². The lowest BCUT2D eigenvalue weighted by Gasteiger charge is -2.38. The number of hydrogen-bond donors (Lipinski definition) is 0. The fourth-order valence-corrected chi connectivity index (χ4v) is 3.41. The van der Waals surface area contributed by atoms with E-state index in [1.165, 1.54) is 38.5 Å². The van der Waals surface area contributed by atoms with Crippen molar-refractivity contribution in [2.45, 2.75) is 44.6 Å². The van der Waals surface area contributed by atoms with Crippen LogP contribution in [0.5, 0.6) is 0 Å². The molecule has 5 fully saturated rings. The highest BCUT2D eigenvalue weighted by molar-refractivity contribution is 4.86. The number of fused-ring (bicyclic) bond motifs is 2. The summed E-state index contributed by atoms with van der Waals surface area (Å²) in [5, 5.41) is 0. The number of hydrogen-bond acceptors (Lipinski definition) is 2. The molecule has 2 aliphatic carbocycles. The third-order valence-electron chi connectivity index (χ3n) is 4.18. The first kappa shape index (κ1) is 8.25. The van der Waals surface area contributed by atoms with Crippen LogP contribution >= 0.6 is 0 Å². The van der Waals surface area contributed by atoms with Gasteiger partial charge >= 0.3 is 0 Å². The van der Waals surface area contributed by atoms with Crippen LogP contribution in [0.1, 0.15) is 38.5 Å². The Kier molecular flexibility index (Phi) is 2.06. The van der Waals surface area contributed by atoms with Gasteiger partial charge in [-0.15, -0.1) is 0 Å². The van der Waals surface area contributed by atoms with Crippen molar-refractivity contribution in [1.82, 2.24) is 0 Å². The zero-order valence-electron chi connectivity index (χ0n) is 8.08. The van der Waals surface area contributed by atoms with E-state index < -0.39 is 0 Å². The summed E-state index contributed by atoms with van der Waals surface area (Å²) in [4.78, 5) is 10.7. The van der Waals surface area contributed by atoms with Gasteiger partial charge in [-0.3, -0.25) is 0 Å². The van der Waals surface area contributed by atoms with Crippen molar-refractivity contribution in [3.63, 3.8) is 0 Å². The van der Waals surface area contributed by atoms with Gasteiger partial charge in [0.05, 0.1) is 12.7 Å². The van der Waals surface area contributed by atoms with Gasteiger partial charge in [-0.25, -0.2) is 9.78 Å². The monoisotopic (exact) mass is 182 g/mol. The molecule has 13 heavy (non-hydrogen) atoms. The Morgan fingerprint density at radius 3 is 2.69 bits per heavy atom. The van der Waals surface area contributed by atoms with E-state index >= 15 is 0 Å². The Morgan fingerprint density at radius 1 is 0.846 bits per heavy atom. The molecular weight excluding hydrogens is 164 g/mol. The molecule has 2 saturated carbocycles. The van der Waals surface area contributed by atoms with Crippen molar-refractivity contribution in [3.05, 3.63) is 0 Å². The second-order valence-electron chi connectivity index (χ2n) is 5.02. The maximum atomic E-state index is 5.43. The largest absolute Gasteiger partial charge is 0.236 e. The van der Waals surface area contributed by atoms with Crippen LogP contribution in [0.2, 0.25) is 0 Å². The normalized spacial score (nSPS) is 49.8. The second kappa shape index (κ2) is 3.25. The van der Waals surface area contributed by atoms with Gasteiger partial charge in [0, 0.05) is 0 Å². The Bertz CT molecular complexity index is 173. The molecule has 0 aromatic carbocycles. The quantitative estimate of drug-likeness (QED) is 0.536. The van der Waals surface area contributed by atoms with E-state index in [0.29, 0.717) is 6.10 Å². The van der Waals surface area contributed by atoms with Crippen LogP contribution in [0.15, 0.2) is 0 Å². The molecule has 2 nitrogen and oxygen atoms in total. The maximum Gasteiger partial charge on any atom is 0.0932 e. The van der Waals surface area contributed by atoms with Crippen molar-refractivity contribution in [2.75, 3.05) is 6.61 Å². The molecular formula is C11H18O2. The van der Waals surface area contributed by atoms with Crippen LogP contribution < -0.4 is 0 Å². The Hall–Kier alpha value is -0.0800. The van der Waals surface area contributed by atoms with E-state index in [1.54, 1.807) is 0 Å². The smallest absolute Gasteiger partial charge is 0.0932 e. The maximum absolute atomic E-state index is 5.43. The number of rotatable bonds is 0. The average Bonchev–Trinajstić information content (AvgIpc) is 2.34. The standard InChI is InChI=1S/C11H18O2/c1-2-10-6-11-4-3-9(10)5-8(1)7-12-13-11/h8-11H,1-7H2. The predicted molar refractivity (Wildman–Crippen MR) is 49.0 cm³/mol. The molecule has 5 rings (SSSR count). The first-order valence-corrected chi connectivity index (χ1v) is 5.70. The molecule has 74 valence electrons. The van der Waals surface area contributed by atoms with Crippen molar-refractivity contribution in [1.29, 1.82) is 0 Å². The molecule has 3 saturated heterocycles. The van der Waals surface area contributed by atoms with Crippen LogP contribution in [0, 0.1) is 17.8 Å². The molecule has 3 heterocycles. The summed E-state index contributed by atoms with van der Waals surface area (Å²) in [6, 6.07) is 0. The molecule has 2 heteroatoms.